The van der Waals surface area contributed by atoms with E-state index in [-0.39, 0.29) is 5.78 Å². The van der Waals surface area contributed by atoms with E-state index in [4.69, 9.17) is 0 Å². The number of carbonyl (C=O) groups is 1. The molecule has 0 radical (unpaired) electrons. The van der Waals surface area contributed by atoms with Gasteiger partial charge in [-0.1, -0.05) is 24.3 Å². The third-order valence-electron chi connectivity index (χ3n) is 3.63. The quantitative estimate of drug-likeness (QED) is 0.678. The van der Waals surface area contributed by atoms with Crippen LogP contribution in [0.15, 0.2) is 24.3 Å². The predicted octanol–water partition coefficient (Wildman–Crippen LogP) is 3.64. The maximum Gasteiger partial charge on any atom is 0.164 e. The van der Waals surface area contributed by atoms with Crippen LogP contribution in [0.4, 0.5) is 0 Å². The van der Waals surface area contributed by atoms with E-state index < -0.39 is 0 Å². The van der Waals surface area contributed by atoms with Crippen LogP contribution in [0.2, 0.25) is 0 Å². The van der Waals surface area contributed by atoms with E-state index in [1.165, 1.54) is 12.2 Å². The molecule has 0 aromatic heterocycles. The summed E-state index contributed by atoms with van der Waals surface area (Å²) in [6.45, 7) is 5.06. The maximum atomic E-state index is 12.2. The van der Waals surface area contributed by atoms with Gasteiger partial charge in [-0.3, -0.25) is 4.79 Å². The Labute approximate surface area is 121 Å². The van der Waals surface area contributed by atoms with Gasteiger partial charge in [0.2, 0.25) is 0 Å². The van der Waals surface area contributed by atoms with E-state index >= 15 is 0 Å². The van der Waals surface area contributed by atoms with E-state index in [9.17, 15) is 4.79 Å². The number of rotatable bonds is 8. The van der Waals surface area contributed by atoms with Crippen molar-refractivity contribution in [3.63, 3.8) is 0 Å². The van der Waals surface area contributed by atoms with Gasteiger partial charge in [0.25, 0.3) is 0 Å². The summed E-state index contributed by atoms with van der Waals surface area (Å²) in [7, 11) is 2.11. The minimum atomic E-state index is 0.252. The smallest absolute Gasteiger partial charge is 0.164 e. The van der Waals surface area contributed by atoms with Crippen LogP contribution in [0.1, 0.15) is 35.7 Å². The third kappa shape index (κ3) is 5.37. The number of nitrogens with zero attached hydrogens (tertiary/aromatic N) is 1. The molecule has 1 unspecified atom stereocenters. The Balaban J connectivity index is 2.44. The number of benzene rings is 1. The largest absolute Gasteiger partial charge is 0.303 e. The number of aryl methyl sites for hydroxylation is 1. The fourth-order valence-electron chi connectivity index (χ4n) is 2.03. The average Bonchev–Trinajstić information content (AvgIpc) is 2.42. The lowest BCUT2D eigenvalue weighted by Crippen LogP contribution is -2.31. The van der Waals surface area contributed by atoms with Gasteiger partial charge >= 0.3 is 0 Å². The summed E-state index contributed by atoms with van der Waals surface area (Å²) in [4.78, 5) is 14.5. The van der Waals surface area contributed by atoms with Gasteiger partial charge in [-0.25, -0.2) is 0 Å². The summed E-state index contributed by atoms with van der Waals surface area (Å²) in [5, 5.41) is 0. The number of thioether (sulfide) groups is 1. The molecule has 0 saturated heterocycles. The Morgan fingerprint density at radius 2 is 2.05 bits per heavy atom. The van der Waals surface area contributed by atoms with Crippen molar-refractivity contribution >= 4 is 17.5 Å². The third-order valence-corrected chi connectivity index (χ3v) is 4.27. The molecular weight excluding hydrogens is 254 g/mol. The van der Waals surface area contributed by atoms with Crippen molar-refractivity contribution in [2.45, 2.75) is 32.7 Å². The molecule has 0 amide bonds. The van der Waals surface area contributed by atoms with Gasteiger partial charge in [-0.05, 0) is 44.9 Å². The van der Waals surface area contributed by atoms with Gasteiger partial charge in [0.05, 0.1) is 0 Å². The van der Waals surface area contributed by atoms with Gasteiger partial charge in [-0.2, -0.15) is 11.8 Å². The molecule has 2 nitrogen and oxygen atoms in total. The molecule has 0 saturated carbocycles. The van der Waals surface area contributed by atoms with Crippen LogP contribution in [0.3, 0.4) is 0 Å². The Morgan fingerprint density at radius 3 is 2.68 bits per heavy atom. The van der Waals surface area contributed by atoms with Crippen molar-refractivity contribution in [3.05, 3.63) is 35.4 Å². The zero-order valence-corrected chi connectivity index (χ0v) is 13.3. The Kier molecular flexibility index (Phi) is 7.17. The number of hydrogen-bond donors (Lipinski definition) is 0. The molecule has 1 rings (SSSR count). The number of ketones is 1. The lowest BCUT2D eigenvalue weighted by Gasteiger charge is -2.24. The molecule has 19 heavy (non-hydrogen) atoms. The van der Waals surface area contributed by atoms with Crippen molar-refractivity contribution in [2.75, 3.05) is 25.6 Å². The Bertz CT molecular complexity index is 405. The second-order valence-corrected chi connectivity index (χ2v) is 6.08. The van der Waals surface area contributed by atoms with E-state index in [2.05, 4.69) is 25.1 Å². The molecule has 0 spiro atoms. The highest BCUT2D eigenvalue weighted by molar-refractivity contribution is 7.98. The van der Waals surface area contributed by atoms with E-state index in [1.807, 2.05) is 43.0 Å². The van der Waals surface area contributed by atoms with Gasteiger partial charge < -0.3 is 4.90 Å². The lowest BCUT2D eigenvalue weighted by molar-refractivity contribution is 0.0961. The summed E-state index contributed by atoms with van der Waals surface area (Å²) in [5.74, 6) is 1.43. The van der Waals surface area contributed by atoms with Crippen molar-refractivity contribution in [2.24, 2.45) is 0 Å². The monoisotopic (exact) mass is 279 g/mol. The van der Waals surface area contributed by atoms with Gasteiger partial charge in [0.1, 0.15) is 0 Å². The van der Waals surface area contributed by atoms with Gasteiger partial charge in [0, 0.05) is 24.6 Å². The highest BCUT2D eigenvalue weighted by Crippen LogP contribution is 2.11. The first kappa shape index (κ1) is 16.3. The standard InChI is InChI=1S/C16H25NOS/c1-13-7-5-6-8-15(13)16(18)9-11-17(3)14(2)10-12-19-4/h5-8,14H,9-12H2,1-4H3. The van der Waals surface area contributed by atoms with Crippen LogP contribution >= 0.6 is 11.8 Å². The van der Waals surface area contributed by atoms with Crippen LogP contribution in [0.25, 0.3) is 0 Å². The second-order valence-electron chi connectivity index (χ2n) is 5.10. The molecule has 1 aromatic rings. The first-order chi connectivity index (χ1) is 9.06. The minimum Gasteiger partial charge on any atom is -0.303 e. The van der Waals surface area contributed by atoms with Crippen LogP contribution in [0, 0.1) is 6.92 Å². The van der Waals surface area contributed by atoms with E-state index in [0.717, 1.165) is 17.7 Å². The average molecular weight is 279 g/mol. The molecule has 1 atom stereocenters. The van der Waals surface area contributed by atoms with Crippen molar-refractivity contribution in [1.82, 2.24) is 4.90 Å². The summed E-state index contributed by atoms with van der Waals surface area (Å²) in [5.41, 5.74) is 1.94. The molecular formula is C16H25NOS. The first-order valence-corrected chi connectivity index (χ1v) is 8.23. The normalized spacial score (nSPS) is 12.7. The highest BCUT2D eigenvalue weighted by Gasteiger charge is 2.12. The molecule has 106 valence electrons. The molecule has 0 N–H and O–H groups in total. The van der Waals surface area contributed by atoms with Crippen molar-refractivity contribution in [1.29, 1.82) is 0 Å². The lowest BCUT2D eigenvalue weighted by atomic mass is 10.0. The number of carbonyl (C=O) groups excluding carboxylic acids is 1. The summed E-state index contributed by atoms with van der Waals surface area (Å²) in [6, 6.07) is 8.37. The minimum absolute atomic E-state index is 0.252. The number of Topliss-reactive ketones (excluding diaryl/α,β-unsaturated/α-hetero) is 1. The Hall–Kier alpha value is -0.800. The molecule has 0 aliphatic heterocycles. The predicted molar refractivity (Wildman–Crippen MR) is 85.2 cm³/mol. The molecule has 0 heterocycles. The summed E-state index contributed by atoms with van der Waals surface area (Å²) >= 11 is 1.88. The summed E-state index contributed by atoms with van der Waals surface area (Å²) in [6.07, 6.45) is 3.91. The molecule has 3 heteroatoms. The van der Waals surface area contributed by atoms with Gasteiger partial charge in [0.15, 0.2) is 5.78 Å². The zero-order valence-electron chi connectivity index (χ0n) is 12.5. The van der Waals surface area contributed by atoms with E-state index in [0.29, 0.717) is 12.5 Å². The second kappa shape index (κ2) is 8.39. The van der Waals surface area contributed by atoms with Gasteiger partial charge in [-0.15, -0.1) is 0 Å². The fraction of sp³-hybridized carbons (Fsp3) is 0.562. The highest BCUT2D eigenvalue weighted by atomic mass is 32.2. The molecule has 0 fully saturated rings. The molecule has 0 aliphatic carbocycles. The van der Waals surface area contributed by atoms with Crippen LogP contribution < -0.4 is 0 Å². The van der Waals surface area contributed by atoms with Crippen molar-refractivity contribution in [3.8, 4) is 0 Å². The summed E-state index contributed by atoms with van der Waals surface area (Å²) < 4.78 is 0. The first-order valence-electron chi connectivity index (χ1n) is 6.84. The fourth-order valence-corrected chi connectivity index (χ4v) is 2.60. The van der Waals surface area contributed by atoms with Crippen LogP contribution in [-0.4, -0.2) is 42.3 Å². The van der Waals surface area contributed by atoms with Crippen molar-refractivity contribution < 1.29 is 4.79 Å². The van der Waals surface area contributed by atoms with E-state index in [1.54, 1.807) is 0 Å². The number of hydrogen-bond acceptors (Lipinski definition) is 3. The topological polar surface area (TPSA) is 20.3 Å². The van der Waals surface area contributed by atoms with Crippen LogP contribution in [-0.2, 0) is 0 Å². The molecule has 0 aliphatic rings. The SMILES string of the molecule is CSCCC(C)N(C)CCC(=O)c1ccccc1C. The molecule has 1 aromatic carbocycles. The Morgan fingerprint density at radius 1 is 1.37 bits per heavy atom. The maximum absolute atomic E-state index is 12.2. The zero-order chi connectivity index (χ0) is 14.3. The molecule has 0 bridgehead atoms. The van der Waals surface area contributed by atoms with Crippen LogP contribution in [0.5, 0.6) is 0 Å².